The Hall–Kier alpha value is -1.74. The largest absolute Gasteiger partial charge is 0.544 e. The zero-order valence-corrected chi connectivity index (χ0v) is 13.0. The maximum Gasteiger partial charge on any atom is 0.242 e. The lowest BCUT2D eigenvalue weighted by Crippen LogP contribution is -2.29. The molecule has 0 aliphatic rings. The Bertz CT molecular complexity index is 526. The fourth-order valence-electron chi connectivity index (χ4n) is 1.76. The summed E-state index contributed by atoms with van der Waals surface area (Å²) in [6, 6.07) is 16.5. The van der Waals surface area contributed by atoms with Crippen molar-refractivity contribution in [2.45, 2.75) is 26.6 Å². The molecule has 0 atom stereocenters. The van der Waals surface area contributed by atoms with Gasteiger partial charge in [-0.15, -0.1) is 0 Å². The summed E-state index contributed by atoms with van der Waals surface area (Å²) < 4.78 is 5.93. The van der Waals surface area contributed by atoms with E-state index in [0.717, 1.165) is 17.1 Å². The van der Waals surface area contributed by atoms with Crippen LogP contribution in [0.1, 0.15) is 5.56 Å². The number of rotatable bonds is 4. The van der Waals surface area contributed by atoms with Gasteiger partial charge in [-0.1, -0.05) is 17.7 Å². The van der Waals surface area contributed by atoms with Gasteiger partial charge in [0.25, 0.3) is 0 Å². The highest BCUT2D eigenvalue weighted by Crippen LogP contribution is 2.22. The van der Waals surface area contributed by atoms with E-state index in [1.807, 2.05) is 12.1 Å². The second kappa shape index (κ2) is 5.49. The van der Waals surface area contributed by atoms with Crippen LogP contribution in [0.2, 0.25) is 19.6 Å². The summed E-state index contributed by atoms with van der Waals surface area (Å²) >= 11 is 0. The van der Waals surface area contributed by atoms with Gasteiger partial charge in [0, 0.05) is 11.4 Å². The molecular weight excluding hydrogens is 250 g/mol. The molecule has 0 spiro atoms. The van der Waals surface area contributed by atoms with Crippen LogP contribution in [0.25, 0.3) is 0 Å². The molecule has 0 amide bonds. The molecule has 2 aromatic carbocycles. The van der Waals surface area contributed by atoms with Gasteiger partial charge >= 0.3 is 0 Å². The third-order valence-electron chi connectivity index (χ3n) is 2.62. The summed E-state index contributed by atoms with van der Waals surface area (Å²) in [4.78, 5) is 0. The van der Waals surface area contributed by atoms with E-state index in [1.54, 1.807) is 0 Å². The van der Waals surface area contributed by atoms with Crippen molar-refractivity contribution >= 4 is 19.7 Å². The topological polar surface area (TPSA) is 21.3 Å². The van der Waals surface area contributed by atoms with Gasteiger partial charge in [-0.25, -0.2) is 0 Å². The first-order chi connectivity index (χ1) is 8.92. The zero-order chi connectivity index (χ0) is 13.9. The van der Waals surface area contributed by atoms with E-state index in [0.29, 0.717) is 0 Å². The van der Waals surface area contributed by atoms with E-state index < -0.39 is 8.32 Å². The van der Waals surface area contributed by atoms with Gasteiger partial charge in [-0.2, -0.15) is 0 Å². The van der Waals surface area contributed by atoms with Crippen LogP contribution in [0.5, 0.6) is 5.75 Å². The van der Waals surface area contributed by atoms with E-state index >= 15 is 0 Å². The average Bonchev–Trinajstić information content (AvgIpc) is 2.33. The van der Waals surface area contributed by atoms with Gasteiger partial charge < -0.3 is 9.74 Å². The first-order valence-electron chi connectivity index (χ1n) is 6.55. The highest BCUT2D eigenvalue weighted by atomic mass is 28.4. The third kappa shape index (κ3) is 4.45. The van der Waals surface area contributed by atoms with Crippen LogP contribution in [-0.4, -0.2) is 8.32 Å². The minimum absolute atomic E-state index is 0.952. The first-order valence-corrected chi connectivity index (χ1v) is 9.96. The van der Waals surface area contributed by atoms with E-state index in [2.05, 4.69) is 68.3 Å². The Kier molecular flexibility index (Phi) is 3.95. The van der Waals surface area contributed by atoms with Crippen molar-refractivity contribution in [3.8, 4) is 5.75 Å². The molecule has 2 aromatic rings. The molecule has 1 N–H and O–H groups in total. The van der Waals surface area contributed by atoms with Crippen LogP contribution in [0.3, 0.4) is 0 Å². The lowest BCUT2D eigenvalue weighted by Gasteiger charge is -2.19. The van der Waals surface area contributed by atoms with Gasteiger partial charge in [0.1, 0.15) is 5.75 Å². The summed E-state index contributed by atoms with van der Waals surface area (Å²) in [7, 11) is -1.52. The lowest BCUT2D eigenvalue weighted by atomic mass is 10.2. The fraction of sp³-hybridized carbons (Fsp3) is 0.250. The van der Waals surface area contributed by atoms with Gasteiger partial charge in [-0.3, -0.25) is 0 Å². The molecule has 0 saturated carbocycles. The van der Waals surface area contributed by atoms with E-state index in [1.165, 1.54) is 5.56 Å². The quantitative estimate of drug-likeness (QED) is 0.794. The summed E-state index contributed by atoms with van der Waals surface area (Å²) in [6.07, 6.45) is 0. The molecule has 0 aliphatic heterocycles. The highest BCUT2D eigenvalue weighted by molar-refractivity contribution is 6.70. The second-order valence-corrected chi connectivity index (χ2v) is 10.2. The molecule has 19 heavy (non-hydrogen) atoms. The summed E-state index contributed by atoms with van der Waals surface area (Å²) in [5.41, 5.74) is 3.45. The Morgan fingerprint density at radius 2 is 1.26 bits per heavy atom. The average molecular weight is 271 g/mol. The molecule has 0 radical (unpaired) electrons. The van der Waals surface area contributed by atoms with Crippen LogP contribution in [0, 0.1) is 6.92 Å². The van der Waals surface area contributed by atoms with E-state index in [4.69, 9.17) is 4.43 Å². The Labute approximate surface area is 116 Å². The number of benzene rings is 2. The first kappa shape index (κ1) is 13.7. The summed E-state index contributed by atoms with van der Waals surface area (Å²) in [5, 5.41) is 3.38. The van der Waals surface area contributed by atoms with Crippen molar-refractivity contribution in [2.75, 3.05) is 5.32 Å². The predicted octanol–water partition coefficient (Wildman–Crippen LogP) is 4.95. The van der Waals surface area contributed by atoms with Crippen LogP contribution in [0.15, 0.2) is 48.5 Å². The van der Waals surface area contributed by atoms with Crippen molar-refractivity contribution in [1.29, 1.82) is 0 Å². The highest BCUT2D eigenvalue weighted by Gasteiger charge is 2.15. The Morgan fingerprint density at radius 3 is 1.74 bits per heavy atom. The molecule has 0 aromatic heterocycles. The van der Waals surface area contributed by atoms with Crippen molar-refractivity contribution in [3.05, 3.63) is 54.1 Å². The zero-order valence-electron chi connectivity index (χ0n) is 12.0. The smallest absolute Gasteiger partial charge is 0.242 e. The maximum atomic E-state index is 5.93. The van der Waals surface area contributed by atoms with Crippen molar-refractivity contribution in [3.63, 3.8) is 0 Å². The van der Waals surface area contributed by atoms with Gasteiger partial charge in [0.15, 0.2) is 0 Å². The minimum atomic E-state index is -1.52. The van der Waals surface area contributed by atoms with Gasteiger partial charge in [0.05, 0.1) is 0 Å². The normalized spacial score (nSPS) is 11.2. The molecule has 0 heterocycles. The molecule has 0 unspecified atom stereocenters. The van der Waals surface area contributed by atoms with Crippen molar-refractivity contribution < 1.29 is 4.43 Å². The van der Waals surface area contributed by atoms with Crippen LogP contribution < -0.4 is 9.74 Å². The van der Waals surface area contributed by atoms with E-state index in [9.17, 15) is 0 Å². The molecule has 2 nitrogen and oxygen atoms in total. The standard InChI is InChI=1S/C16H21NOSi/c1-13-5-7-14(8-6-13)17-15-9-11-16(12-10-15)18-19(2,3)4/h5-12,17H,1-4H3. The van der Waals surface area contributed by atoms with Crippen LogP contribution in [-0.2, 0) is 0 Å². The second-order valence-electron chi connectivity index (χ2n) is 5.73. The molecule has 0 aliphatic carbocycles. The summed E-state index contributed by atoms with van der Waals surface area (Å²) in [6.45, 7) is 8.65. The summed E-state index contributed by atoms with van der Waals surface area (Å²) in [5.74, 6) is 0.952. The molecule has 2 rings (SSSR count). The molecular formula is C16H21NOSi. The number of anilines is 2. The number of nitrogens with one attached hydrogen (secondary N) is 1. The Morgan fingerprint density at radius 1 is 0.789 bits per heavy atom. The molecule has 0 bridgehead atoms. The number of hydrogen-bond acceptors (Lipinski definition) is 2. The molecule has 3 heteroatoms. The van der Waals surface area contributed by atoms with Gasteiger partial charge in [-0.05, 0) is 63.0 Å². The van der Waals surface area contributed by atoms with Crippen LogP contribution >= 0.6 is 0 Å². The van der Waals surface area contributed by atoms with Gasteiger partial charge in [0.2, 0.25) is 8.32 Å². The lowest BCUT2D eigenvalue weighted by molar-refractivity contribution is 0.558. The van der Waals surface area contributed by atoms with Crippen LogP contribution in [0.4, 0.5) is 11.4 Å². The third-order valence-corrected chi connectivity index (χ3v) is 3.47. The van der Waals surface area contributed by atoms with Crippen molar-refractivity contribution in [2.24, 2.45) is 0 Å². The monoisotopic (exact) mass is 271 g/mol. The molecule has 0 saturated heterocycles. The predicted molar refractivity (Wildman–Crippen MR) is 84.9 cm³/mol. The van der Waals surface area contributed by atoms with Crippen molar-refractivity contribution in [1.82, 2.24) is 0 Å². The number of hydrogen-bond donors (Lipinski definition) is 1. The number of aryl methyl sites for hydroxylation is 1. The maximum absolute atomic E-state index is 5.93. The molecule has 0 fully saturated rings. The molecule has 100 valence electrons. The fourth-order valence-corrected chi connectivity index (χ4v) is 2.61. The minimum Gasteiger partial charge on any atom is -0.544 e. The Balaban J connectivity index is 2.04. The van der Waals surface area contributed by atoms with E-state index in [-0.39, 0.29) is 0 Å². The SMILES string of the molecule is Cc1ccc(Nc2ccc(O[Si](C)(C)C)cc2)cc1.